The molecule has 1 unspecified atom stereocenters. The summed E-state index contributed by atoms with van der Waals surface area (Å²) in [5.41, 5.74) is 0.690. The van der Waals surface area contributed by atoms with Gasteiger partial charge >= 0.3 is 0 Å². The zero-order valence-corrected chi connectivity index (χ0v) is 13.7. The Labute approximate surface area is 125 Å². The lowest BCUT2D eigenvalue weighted by Crippen LogP contribution is -2.49. The molecule has 2 N–H and O–H groups in total. The molecule has 0 aromatic rings. The third-order valence-corrected chi connectivity index (χ3v) is 5.08. The summed E-state index contributed by atoms with van der Waals surface area (Å²) in [6, 6.07) is 0. The molecule has 118 valence electrons. The number of nitrogens with zero attached hydrogens (tertiary/aromatic N) is 1. The van der Waals surface area contributed by atoms with Crippen LogP contribution in [0, 0.1) is 11.3 Å². The summed E-state index contributed by atoms with van der Waals surface area (Å²) in [6.07, 6.45) is 7.99. The molecule has 3 nitrogen and oxygen atoms in total. The number of piperidine rings is 1. The lowest BCUT2D eigenvalue weighted by Gasteiger charge is -2.40. The van der Waals surface area contributed by atoms with Crippen LogP contribution in [-0.4, -0.2) is 48.3 Å². The number of likely N-dealkylation sites (tertiary alicyclic amines) is 1. The molecule has 2 rings (SSSR count). The van der Waals surface area contributed by atoms with Crippen LogP contribution < -0.4 is 5.32 Å². The number of aliphatic hydroxyl groups is 1. The summed E-state index contributed by atoms with van der Waals surface area (Å²) in [5, 5.41) is 13.1. The maximum Gasteiger partial charge on any atom is 0.0471 e. The molecule has 0 spiro atoms. The van der Waals surface area contributed by atoms with Crippen LogP contribution in [0.3, 0.4) is 0 Å². The third-order valence-electron chi connectivity index (χ3n) is 5.08. The monoisotopic (exact) mass is 282 g/mol. The molecule has 0 aromatic carbocycles. The first kappa shape index (κ1) is 16.3. The molecule has 0 amide bonds. The number of hydrogen-bond donors (Lipinski definition) is 2. The van der Waals surface area contributed by atoms with E-state index < -0.39 is 0 Å². The highest BCUT2D eigenvalue weighted by Gasteiger charge is 2.37. The molecule has 1 saturated carbocycles. The number of aliphatic hydroxyl groups excluding tert-OH is 1. The summed E-state index contributed by atoms with van der Waals surface area (Å²) >= 11 is 0. The zero-order chi connectivity index (χ0) is 14.6. The minimum absolute atomic E-state index is 0.213. The number of rotatable bonds is 5. The minimum Gasteiger partial charge on any atom is -0.396 e. The second kappa shape index (κ2) is 6.76. The van der Waals surface area contributed by atoms with Gasteiger partial charge in [0, 0.05) is 31.8 Å². The molecule has 20 heavy (non-hydrogen) atoms. The van der Waals surface area contributed by atoms with Crippen molar-refractivity contribution < 1.29 is 5.11 Å². The molecule has 1 atom stereocenters. The SMILES string of the molecule is CC(C)(C)NCC1(CN2CCCC(CO)C2)CCCC1. The molecule has 3 heteroatoms. The van der Waals surface area contributed by atoms with Gasteiger partial charge in [0.25, 0.3) is 0 Å². The molecule has 0 radical (unpaired) electrons. The summed E-state index contributed by atoms with van der Waals surface area (Å²) in [4.78, 5) is 2.63. The first-order valence-corrected chi connectivity index (χ1v) is 8.51. The van der Waals surface area contributed by atoms with Crippen molar-refractivity contribution in [3.63, 3.8) is 0 Å². The van der Waals surface area contributed by atoms with Gasteiger partial charge in [0.15, 0.2) is 0 Å². The van der Waals surface area contributed by atoms with Crippen molar-refractivity contribution in [2.45, 2.75) is 64.8 Å². The standard InChI is InChI=1S/C17H34N2O/c1-16(2,3)18-13-17(8-4-5-9-17)14-19-10-6-7-15(11-19)12-20/h15,18,20H,4-14H2,1-3H3. The van der Waals surface area contributed by atoms with Crippen molar-refractivity contribution in [1.82, 2.24) is 10.2 Å². The average molecular weight is 282 g/mol. The van der Waals surface area contributed by atoms with Crippen LogP contribution in [0.1, 0.15) is 59.3 Å². The van der Waals surface area contributed by atoms with E-state index in [1.165, 1.54) is 51.6 Å². The summed E-state index contributed by atoms with van der Waals surface area (Å²) in [6.45, 7) is 11.9. The van der Waals surface area contributed by atoms with Gasteiger partial charge in [0.2, 0.25) is 0 Å². The predicted octanol–water partition coefficient (Wildman–Crippen LogP) is 2.64. The molecule has 1 aliphatic carbocycles. The van der Waals surface area contributed by atoms with E-state index in [-0.39, 0.29) is 5.54 Å². The fourth-order valence-electron chi connectivity index (χ4n) is 3.89. The van der Waals surface area contributed by atoms with E-state index in [0.717, 1.165) is 13.1 Å². The van der Waals surface area contributed by atoms with Crippen molar-refractivity contribution in [2.75, 3.05) is 32.8 Å². The third kappa shape index (κ3) is 4.71. The van der Waals surface area contributed by atoms with Crippen LogP contribution in [0.2, 0.25) is 0 Å². The Morgan fingerprint density at radius 3 is 2.50 bits per heavy atom. The predicted molar refractivity (Wildman–Crippen MR) is 84.9 cm³/mol. The lowest BCUT2D eigenvalue weighted by molar-refractivity contribution is 0.0759. The smallest absolute Gasteiger partial charge is 0.0471 e. The Balaban J connectivity index is 1.91. The Morgan fingerprint density at radius 1 is 1.20 bits per heavy atom. The first-order valence-electron chi connectivity index (χ1n) is 8.51. The van der Waals surface area contributed by atoms with Crippen LogP contribution in [0.15, 0.2) is 0 Å². The van der Waals surface area contributed by atoms with Crippen LogP contribution in [0.4, 0.5) is 0 Å². The lowest BCUT2D eigenvalue weighted by atomic mass is 9.83. The summed E-state index contributed by atoms with van der Waals surface area (Å²) in [7, 11) is 0. The Hall–Kier alpha value is -0.120. The van der Waals surface area contributed by atoms with Crippen LogP contribution in [0.25, 0.3) is 0 Å². The Morgan fingerprint density at radius 2 is 1.90 bits per heavy atom. The quantitative estimate of drug-likeness (QED) is 0.814. The highest BCUT2D eigenvalue weighted by Crippen LogP contribution is 2.39. The van der Waals surface area contributed by atoms with Crippen molar-refractivity contribution in [3.05, 3.63) is 0 Å². The van der Waals surface area contributed by atoms with Crippen molar-refractivity contribution in [1.29, 1.82) is 0 Å². The molecule has 1 aliphatic heterocycles. The molecule has 1 heterocycles. The number of nitrogens with one attached hydrogen (secondary N) is 1. The van der Waals surface area contributed by atoms with Crippen LogP contribution in [-0.2, 0) is 0 Å². The van der Waals surface area contributed by atoms with Gasteiger partial charge < -0.3 is 15.3 Å². The van der Waals surface area contributed by atoms with Crippen molar-refractivity contribution in [2.24, 2.45) is 11.3 Å². The molecule has 1 saturated heterocycles. The maximum atomic E-state index is 9.40. The van der Waals surface area contributed by atoms with Crippen molar-refractivity contribution in [3.8, 4) is 0 Å². The highest BCUT2D eigenvalue weighted by atomic mass is 16.3. The van der Waals surface area contributed by atoms with Gasteiger partial charge in [-0.3, -0.25) is 0 Å². The topological polar surface area (TPSA) is 35.5 Å². The van der Waals surface area contributed by atoms with E-state index >= 15 is 0 Å². The normalized spacial score (nSPS) is 27.9. The van der Waals surface area contributed by atoms with Crippen LogP contribution >= 0.6 is 0 Å². The van der Waals surface area contributed by atoms with E-state index in [9.17, 15) is 5.11 Å². The van der Waals surface area contributed by atoms with Gasteiger partial charge in [-0.2, -0.15) is 0 Å². The van der Waals surface area contributed by atoms with Crippen LogP contribution in [0.5, 0.6) is 0 Å². The Kier molecular flexibility index (Phi) is 5.49. The zero-order valence-electron chi connectivity index (χ0n) is 13.7. The van der Waals surface area contributed by atoms with E-state index in [1.54, 1.807) is 0 Å². The van der Waals surface area contributed by atoms with Gasteiger partial charge in [-0.05, 0) is 64.3 Å². The van der Waals surface area contributed by atoms with Gasteiger partial charge in [-0.15, -0.1) is 0 Å². The minimum atomic E-state index is 0.213. The second-order valence-corrected chi connectivity index (χ2v) is 8.24. The second-order valence-electron chi connectivity index (χ2n) is 8.24. The summed E-state index contributed by atoms with van der Waals surface area (Å²) < 4.78 is 0. The molecule has 0 aromatic heterocycles. The van der Waals surface area contributed by atoms with E-state index in [0.29, 0.717) is 17.9 Å². The highest BCUT2D eigenvalue weighted by molar-refractivity contribution is 4.92. The van der Waals surface area contributed by atoms with Crippen molar-refractivity contribution >= 4 is 0 Å². The van der Waals surface area contributed by atoms with E-state index in [2.05, 4.69) is 31.0 Å². The first-order chi connectivity index (χ1) is 9.42. The fourth-order valence-corrected chi connectivity index (χ4v) is 3.89. The van der Waals surface area contributed by atoms with E-state index in [4.69, 9.17) is 0 Å². The molecular weight excluding hydrogens is 248 g/mol. The van der Waals surface area contributed by atoms with Gasteiger partial charge in [-0.25, -0.2) is 0 Å². The van der Waals surface area contributed by atoms with Gasteiger partial charge in [-0.1, -0.05) is 12.8 Å². The van der Waals surface area contributed by atoms with E-state index in [1.807, 2.05) is 0 Å². The fraction of sp³-hybridized carbons (Fsp3) is 1.00. The van der Waals surface area contributed by atoms with Gasteiger partial charge in [0.1, 0.15) is 0 Å². The molecule has 2 aliphatic rings. The molecule has 2 fully saturated rings. The van der Waals surface area contributed by atoms with Gasteiger partial charge in [0.05, 0.1) is 0 Å². The molecular formula is C17H34N2O. The molecule has 0 bridgehead atoms. The average Bonchev–Trinajstić information content (AvgIpc) is 2.85. The Bertz CT molecular complexity index is 292. The maximum absolute atomic E-state index is 9.40. The largest absolute Gasteiger partial charge is 0.396 e. The number of hydrogen-bond acceptors (Lipinski definition) is 3. The summed E-state index contributed by atoms with van der Waals surface area (Å²) in [5.74, 6) is 0.512.